The smallest absolute Gasteiger partial charge is 0.235 e. The number of nitrogens with zero attached hydrogens (tertiary/aromatic N) is 1. The number of rotatable bonds is 3. The van der Waals surface area contributed by atoms with Crippen molar-refractivity contribution in [3.8, 4) is 0 Å². The predicted octanol–water partition coefficient (Wildman–Crippen LogP) is 1.69. The highest BCUT2D eigenvalue weighted by molar-refractivity contribution is 7.99. The van der Waals surface area contributed by atoms with E-state index in [1.54, 1.807) is 11.8 Å². The lowest BCUT2D eigenvalue weighted by Gasteiger charge is -2.19. The van der Waals surface area contributed by atoms with E-state index >= 15 is 0 Å². The number of hydrogen-bond donors (Lipinski definition) is 1. The SMILES string of the molecule is CSC(C)C(=O)N1C[C@@H](N)[C@H](c2ccccc2)C1. The number of amides is 1. The monoisotopic (exact) mass is 264 g/mol. The molecule has 0 spiro atoms. The van der Waals surface area contributed by atoms with Gasteiger partial charge in [-0.05, 0) is 18.7 Å². The summed E-state index contributed by atoms with van der Waals surface area (Å²) in [5.41, 5.74) is 7.41. The summed E-state index contributed by atoms with van der Waals surface area (Å²) in [6.45, 7) is 3.37. The van der Waals surface area contributed by atoms with Crippen LogP contribution in [0.3, 0.4) is 0 Å². The molecule has 1 aliphatic heterocycles. The van der Waals surface area contributed by atoms with E-state index in [-0.39, 0.29) is 23.1 Å². The second-order valence-electron chi connectivity index (χ2n) is 4.80. The van der Waals surface area contributed by atoms with Gasteiger partial charge in [-0.15, -0.1) is 0 Å². The highest BCUT2D eigenvalue weighted by Gasteiger charge is 2.35. The number of thioether (sulfide) groups is 1. The molecule has 1 aliphatic rings. The highest BCUT2D eigenvalue weighted by atomic mass is 32.2. The van der Waals surface area contributed by atoms with Crippen molar-refractivity contribution in [3.05, 3.63) is 35.9 Å². The second-order valence-corrected chi connectivity index (χ2v) is 5.98. The molecule has 0 aromatic heterocycles. The summed E-state index contributed by atoms with van der Waals surface area (Å²) in [4.78, 5) is 14.1. The molecule has 0 radical (unpaired) electrons. The Morgan fingerprint density at radius 2 is 2.06 bits per heavy atom. The number of hydrogen-bond acceptors (Lipinski definition) is 3. The number of carbonyl (C=O) groups excluding carboxylic acids is 1. The van der Waals surface area contributed by atoms with E-state index in [0.29, 0.717) is 6.54 Å². The van der Waals surface area contributed by atoms with Crippen LogP contribution in [0, 0.1) is 0 Å². The Hall–Kier alpha value is -1.00. The van der Waals surface area contributed by atoms with E-state index in [0.717, 1.165) is 6.54 Å². The van der Waals surface area contributed by atoms with Gasteiger partial charge in [-0.3, -0.25) is 4.79 Å². The van der Waals surface area contributed by atoms with Gasteiger partial charge in [-0.25, -0.2) is 0 Å². The van der Waals surface area contributed by atoms with Gasteiger partial charge in [0, 0.05) is 25.0 Å². The normalized spacial score (nSPS) is 25.2. The van der Waals surface area contributed by atoms with Crippen LogP contribution < -0.4 is 5.73 Å². The average Bonchev–Trinajstić information content (AvgIpc) is 2.80. The van der Waals surface area contributed by atoms with Gasteiger partial charge in [-0.2, -0.15) is 11.8 Å². The summed E-state index contributed by atoms with van der Waals surface area (Å²) in [6.07, 6.45) is 1.97. The summed E-state index contributed by atoms with van der Waals surface area (Å²) < 4.78 is 0. The van der Waals surface area contributed by atoms with Gasteiger partial charge >= 0.3 is 0 Å². The van der Waals surface area contributed by atoms with Gasteiger partial charge in [0.2, 0.25) is 5.91 Å². The van der Waals surface area contributed by atoms with Crippen molar-refractivity contribution < 1.29 is 4.79 Å². The summed E-state index contributed by atoms with van der Waals surface area (Å²) in [7, 11) is 0. The molecule has 2 rings (SSSR count). The topological polar surface area (TPSA) is 46.3 Å². The molecular formula is C14H20N2OS. The van der Waals surface area contributed by atoms with E-state index < -0.39 is 0 Å². The summed E-state index contributed by atoms with van der Waals surface area (Å²) in [6, 6.07) is 10.3. The van der Waals surface area contributed by atoms with Crippen molar-refractivity contribution in [2.75, 3.05) is 19.3 Å². The zero-order valence-corrected chi connectivity index (χ0v) is 11.7. The van der Waals surface area contributed by atoms with E-state index in [2.05, 4.69) is 12.1 Å². The van der Waals surface area contributed by atoms with Crippen LogP contribution in [0.5, 0.6) is 0 Å². The van der Waals surface area contributed by atoms with Crippen LogP contribution in [0.2, 0.25) is 0 Å². The summed E-state index contributed by atoms with van der Waals surface area (Å²) in [5, 5.41) is 0.0201. The maximum Gasteiger partial charge on any atom is 0.235 e. The fraction of sp³-hybridized carbons (Fsp3) is 0.500. The van der Waals surface area contributed by atoms with Gasteiger partial charge in [0.25, 0.3) is 0 Å². The van der Waals surface area contributed by atoms with Crippen LogP contribution in [0.25, 0.3) is 0 Å². The van der Waals surface area contributed by atoms with E-state index in [1.165, 1.54) is 5.56 Å². The Kier molecular flexibility index (Phi) is 4.30. The third-order valence-electron chi connectivity index (χ3n) is 3.61. The summed E-state index contributed by atoms with van der Waals surface area (Å²) in [5.74, 6) is 0.473. The molecule has 1 unspecified atom stereocenters. The molecule has 1 aromatic rings. The molecular weight excluding hydrogens is 244 g/mol. The highest BCUT2D eigenvalue weighted by Crippen LogP contribution is 2.27. The largest absolute Gasteiger partial charge is 0.339 e. The van der Waals surface area contributed by atoms with Crippen molar-refractivity contribution in [2.45, 2.75) is 24.1 Å². The van der Waals surface area contributed by atoms with Gasteiger partial charge < -0.3 is 10.6 Å². The van der Waals surface area contributed by atoms with Crippen LogP contribution in [0.4, 0.5) is 0 Å². The lowest BCUT2D eigenvalue weighted by atomic mass is 9.95. The van der Waals surface area contributed by atoms with Crippen molar-refractivity contribution in [3.63, 3.8) is 0 Å². The summed E-state index contributed by atoms with van der Waals surface area (Å²) >= 11 is 1.59. The average molecular weight is 264 g/mol. The maximum atomic E-state index is 12.1. The van der Waals surface area contributed by atoms with Crippen LogP contribution in [-0.4, -0.2) is 41.4 Å². The van der Waals surface area contributed by atoms with Crippen LogP contribution >= 0.6 is 11.8 Å². The number of nitrogens with two attached hydrogens (primary N) is 1. The lowest BCUT2D eigenvalue weighted by molar-refractivity contribution is -0.129. The molecule has 1 heterocycles. The first-order valence-corrected chi connectivity index (χ1v) is 7.54. The van der Waals surface area contributed by atoms with E-state index in [1.807, 2.05) is 36.3 Å². The molecule has 3 nitrogen and oxygen atoms in total. The Morgan fingerprint density at radius 1 is 1.39 bits per heavy atom. The lowest BCUT2D eigenvalue weighted by Crippen LogP contribution is -2.36. The molecule has 0 aliphatic carbocycles. The van der Waals surface area contributed by atoms with E-state index in [9.17, 15) is 4.79 Å². The number of carbonyl (C=O) groups is 1. The molecule has 4 heteroatoms. The molecule has 18 heavy (non-hydrogen) atoms. The molecule has 2 N–H and O–H groups in total. The number of benzene rings is 1. The first-order valence-electron chi connectivity index (χ1n) is 6.25. The third-order valence-corrected chi connectivity index (χ3v) is 4.51. The van der Waals surface area contributed by atoms with Crippen molar-refractivity contribution in [2.24, 2.45) is 5.73 Å². The van der Waals surface area contributed by atoms with Gasteiger partial charge in [0.1, 0.15) is 0 Å². The van der Waals surface area contributed by atoms with Crippen LogP contribution in [0.1, 0.15) is 18.4 Å². The zero-order valence-electron chi connectivity index (χ0n) is 10.9. The van der Waals surface area contributed by atoms with E-state index in [4.69, 9.17) is 5.73 Å². The minimum Gasteiger partial charge on any atom is -0.339 e. The first-order chi connectivity index (χ1) is 8.63. The molecule has 3 atom stereocenters. The van der Waals surface area contributed by atoms with Gasteiger partial charge in [0.05, 0.1) is 5.25 Å². The minimum absolute atomic E-state index is 0.0201. The molecule has 1 amide bonds. The Balaban J connectivity index is 2.08. The van der Waals surface area contributed by atoms with Crippen molar-refractivity contribution in [1.82, 2.24) is 4.90 Å². The Bertz CT molecular complexity index is 410. The minimum atomic E-state index is 0.0201. The second kappa shape index (κ2) is 5.76. The van der Waals surface area contributed by atoms with Crippen LogP contribution in [-0.2, 0) is 4.79 Å². The maximum absolute atomic E-state index is 12.1. The molecule has 98 valence electrons. The molecule has 0 bridgehead atoms. The fourth-order valence-corrected chi connectivity index (χ4v) is 2.77. The van der Waals surface area contributed by atoms with Gasteiger partial charge in [-0.1, -0.05) is 30.3 Å². The van der Waals surface area contributed by atoms with Crippen LogP contribution in [0.15, 0.2) is 30.3 Å². The predicted molar refractivity (Wildman–Crippen MR) is 76.7 cm³/mol. The first kappa shape index (κ1) is 13.4. The number of likely N-dealkylation sites (tertiary alicyclic amines) is 1. The molecule has 0 saturated carbocycles. The van der Waals surface area contributed by atoms with Crippen molar-refractivity contribution in [1.29, 1.82) is 0 Å². The van der Waals surface area contributed by atoms with Crippen molar-refractivity contribution >= 4 is 17.7 Å². The Morgan fingerprint density at radius 3 is 2.67 bits per heavy atom. The molecule has 1 fully saturated rings. The third kappa shape index (κ3) is 2.70. The quantitative estimate of drug-likeness (QED) is 0.903. The zero-order chi connectivity index (χ0) is 13.1. The molecule has 1 aromatic carbocycles. The van der Waals surface area contributed by atoms with Gasteiger partial charge in [0.15, 0.2) is 0 Å². The Labute approximate surface area is 113 Å². The fourth-order valence-electron chi connectivity index (χ4n) is 2.42. The molecule has 1 saturated heterocycles. The standard InChI is InChI=1S/C14H20N2OS/c1-10(18-2)14(17)16-8-12(13(15)9-16)11-6-4-3-5-7-11/h3-7,10,12-13H,8-9,15H2,1-2H3/t10?,12-,13+/m0/s1.